The van der Waals surface area contributed by atoms with Crippen LogP contribution in [0.3, 0.4) is 0 Å². The van der Waals surface area contributed by atoms with Crippen molar-refractivity contribution in [3.8, 4) is 0 Å². The second kappa shape index (κ2) is 5.94. The van der Waals surface area contributed by atoms with E-state index in [9.17, 15) is 0 Å². The molecule has 1 aliphatic rings. The van der Waals surface area contributed by atoms with Crippen LogP contribution in [-0.2, 0) is 4.74 Å². The van der Waals surface area contributed by atoms with Crippen molar-refractivity contribution >= 4 is 11.6 Å². The van der Waals surface area contributed by atoms with Crippen LogP contribution in [-0.4, -0.2) is 43.1 Å². The van der Waals surface area contributed by atoms with Gasteiger partial charge in [-0.2, -0.15) is 0 Å². The van der Waals surface area contributed by atoms with Crippen LogP contribution >= 0.6 is 11.6 Å². The highest BCUT2D eigenvalue weighted by Crippen LogP contribution is 2.32. The number of likely N-dealkylation sites (N-methyl/N-ethyl adjacent to an activating group) is 1. The Bertz CT molecular complexity index is 157. The Morgan fingerprint density at radius 3 is 2.57 bits per heavy atom. The minimum Gasteiger partial charge on any atom is -0.377 e. The second-order valence-electron chi connectivity index (χ2n) is 4.62. The molecule has 0 unspecified atom stereocenters. The Labute approximate surface area is 92.6 Å². The van der Waals surface area contributed by atoms with E-state index in [1.165, 1.54) is 19.4 Å². The summed E-state index contributed by atoms with van der Waals surface area (Å²) in [5.74, 6) is 0.821. The Morgan fingerprint density at radius 2 is 2.07 bits per heavy atom. The molecule has 0 aromatic carbocycles. The first-order valence-electron chi connectivity index (χ1n) is 5.52. The van der Waals surface area contributed by atoms with Gasteiger partial charge in [-0.1, -0.05) is 0 Å². The zero-order valence-corrected chi connectivity index (χ0v) is 10.3. The maximum Gasteiger partial charge on any atom is 0.0596 e. The Hall–Kier alpha value is 0.210. The molecule has 1 saturated carbocycles. The fourth-order valence-electron chi connectivity index (χ4n) is 1.78. The molecule has 0 radical (unpaired) electrons. The van der Waals surface area contributed by atoms with Crippen molar-refractivity contribution in [2.24, 2.45) is 5.92 Å². The van der Waals surface area contributed by atoms with E-state index < -0.39 is 0 Å². The van der Waals surface area contributed by atoms with E-state index in [1.54, 1.807) is 0 Å². The molecule has 1 fully saturated rings. The van der Waals surface area contributed by atoms with E-state index in [4.69, 9.17) is 16.3 Å². The molecule has 0 atom stereocenters. The molecule has 1 rings (SSSR count). The van der Waals surface area contributed by atoms with Gasteiger partial charge in [-0.05, 0) is 39.7 Å². The lowest BCUT2D eigenvalue weighted by Gasteiger charge is -2.34. The molecule has 0 heterocycles. The maximum absolute atomic E-state index is 5.93. The molecular formula is C11H22ClNO. The van der Waals surface area contributed by atoms with Gasteiger partial charge in [0.25, 0.3) is 0 Å². The van der Waals surface area contributed by atoms with Gasteiger partial charge in [-0.25, -0.2) is 0 Å². The summed E-state index contributed by atoms with van der Waals surface area (Å²) in [7, 11) is 2.16. The molecule has 0 aromatic heterocycles. The average molecular weight is 220 g/mol. The zero-order valence-electron chi connectivity index (χ0n) is 9.50. The van der Waals surface area contributed by atoms with Gasteiger partial charge in [0.15, 0.2) is 0 Å². The quantitative estimate of drug-likeness (QED) is 0.636. The summed E-state index contributed by atoms with van der Waals surface area (Å²) in [6.07, 6.45) is 2.73. The first kappa shape index (κ1) is 12.3. The first-order valence-corrected chi connectivity index (χ1v) is 5.95. The molecule has 3 heteroatoms. The number of hydrogen-bond acceptors (Lipinski definition) is 2. The first-order chi connectivity index (χ1) is 6.58. The van der Waals surface area contributed by atoms with Crippen molar-refractivity contribution in [3.05, 3.63) is 0 Å². The molecule has 0 amide bonds. The highest BCUT2D eigenvalue weighted by molar-refractivity contribution is 6.21. The molecule has 2 nitrogen and oxygen atoms in total. The lowest BCUT2D eigenvalue weighted by atomic mass is 9.84. The van der Waals surface area contributed by atoms with Crippen LogP contribution in [0.5, 0.6) is 0 Å². The van der Waals surface area contributed by atoms with E-state index in [0.717, 1.165) is 19.1 Å². The van der Waals surface area contributed by atoms with Crippen LogP contribution in [0.15, 0.2) is 0 Å². The van der Waals surface area contributed by atoms with Crippen molar-refractivity contribution in [3.63, 3.8) is 0 Å². The van der Waals surface area contributed by atoms with Crippen LogP contribution in [0, 0.1) is 5.92 Å². The summed E-state index contributed by atoms with van der Waals surface area (Å²) >= 11 is 5.93. The lowest BCUT2D eigenvalue weighted by molar-refractivity contribution is 0.0584. The van der Waals surface area contributed by atoms with Crippen LogP contribution in [0.4, 0.5) is 0 Å². The largest absolute Gasteiger partial charge is 0.377 e. The van der Waals surface area contributed by atoms with E-state index in [0.29, 0.717) is 11.5 Å². The van der Waals surface area contributed by atoms with E-state index in [1.807, 2.05) is 0 Å². The number of alkyl halides is 1. The third-order valence-corrected chi connectivity index (χ3v) is 3.03. The summed E-state index contributed by atoms with van der Waals surface area (Å²) in [6, 6.07) is 0. The number of ether oxygens (including phenoxy) is 1. The second-order valence-corrected chi connectivity index (χ2v) is 5.23. The molecule has 1 aliphatic carbocycles. The van der Waals surface area contributed by atoms with Crippen molar-refractivity contribution in [1.29, 1.82) is 0 Å². The van der Waals surface area contributed by atoms with Crippen molar-refractivity contribution in [2.75, 3.05) is 26.7 Å². The Morgan fingerprint density at radius 1 is 1.43 bits per heavy atom. The number of nitrogens with zero attached hydrogens (tertiary/aromatic N) is 1. The number of rotatable bonds is 6. The summed E-state index contributed by atoms with van der Waals surface area (Å²) in [5, 5.41) is 0.445. The fourth-order valence-corrected chi connectivity index (χ4v) is 2.28. The molecule has 0 saturated heterocycles. The molecule has 0 spiro atoms. The molecule has 0 N–H and O–H groups in total. The highest BCUT2D eigenvalue weighted by atomic mass is 35.5. The summed E-state index contributed by atoms with van der Waals surface area (Å²) in [6.45, 7) is 7.19. The van der Waals surface area contributed by atoms with Gasteiger partial charge in [-0.15, -0.1) is 11.6 Å². The minimum atomic E-state index is 0.347. The lowest BCUT2D eigenvalue weighted by Crippen LogP contribution is -2.36. The van der Waals surface area contributed by atoms with Gasteiger partial charge in [0, 0.05) is 18.5 Å². The number of halogens is 1. The standard InChI is InChI=1S/C11H22ClNO/c1-9(2)14-5-4-13(3)8-10-6-11(12)7-10/h9-11H,4-8H2,1-3H3. The predicted molar refractivity (Wildman–Crippen MR) is 61.0 cm³/mol. The zero-order chi connectivity index (χ0) is 10.6. The van der Waals surface area contributed by atoms with E-state index in [-0.39, 0.29) is 0 Å². The molecule has 0 aromatic rings. The van der Waals surface area contributed by atoms with Crippen molar-refractivity contribution in [1.82, 2.24) is 4.90 Å². The highest BCUT2D eigenvalue weighted by Gasteiger charge is 2.27. The number of hydrogen-bond donors (Lipinski definition) is 0. The smallest absolute Gasteiger partial charge is 0.0596 e. The van der Waals surface area contributed by atoms with Crippen molar-refractivity contribution < 1.29 is 4.74 Å². The van der Waals surface area contributed by atoms with Gasteiger partial charge in [0.05, 0.1) is 12.7 Å². The molecule has 14 heavy (non-hydrogen) atoms. The monoisotopic (exact) mass is 219 g/mol. The molecule has 84 valence electrons. The Kier molecular flexibility index (Phi) is 5.21. The normalized spacial score (nSPS) is 27.0. The summed E-state index contributed by atoms with van der Waals surface area (Å²) in [5.41, 5.74) is 0. The van der Waals surface area contributed by atoms with E-state index >= 15 is 0 Å². The molecule has 0 aliphatic heterocycles. The minimum absolute atomic E-state index is 0.347. The van der Waals surface area contributed by atoms with Crippen LogP contribution in [0.2, 0.25) is 0 Å². The SMILES string of the molecule is CC(C)OCCN(C)CC1CC(Cl)C1. The maximum atomic E-state index is 5.93. The third-order valence-electron chi connectivity index (χ3n) is 2.67. The average Bonchev–Trinajstić information content (AvgIpc) is 2.00. The summed E-state index contributed by atoms with van der Waals surface area (Å²) < 4.78 is 5.50. The van der Waals surface area contributed by atoms with Gasteiger partial charge in [0.2, 0.25) is 0 Å². The topological polar surface area (TPSA) is 12.5 Å². The van der Waals surface area contributed by atoms with Crippen LogP contribution < -0.4 is 0 Å². The molecular weight excluding hydrogens is 198 g/mol. The molecule has 0 bridgehead atoms. The Balaban J connectivity index is 1.96. The van der Waals surface area contributed by atoms with E-state index in [2.05, 4.69) is 25.8 Å². The van der Waals surface area contributed by atoms with Gasteiger partial charge in [0.1, 0.15) is 0 Å². The van der Waals surface area contributed by atoms with Gasteiger partial charge in [-0.3, -0.25) is 0 Å². The summed E-state index contributed by atoms with van der Waals surface area (Å²) in [4.78, 5) is 2.34. The fraction of sp³-hybridized carbons (Fsp3) is 1.00. The van der Waals surface area contributed by atoms with Crippen LogP contribution in [0.25, 0.3) is 0 Å². The van der Waals surface area contributed by atoms with Crippen molar-refractivity contribution in [2.45, 2.75) is 38.2 Å². The van der Waals surface area contributed by atoms with Gasteiger partial charge < -0.3 is 9.64 Å². The third kappa shape index (κ3) is 4.63. The van der Waals surface area contributed by atoms with Crippen LogP contribution in [0.1, 0.15) is 26.7 Å². The predicted octanol–water partition coefficient (Wildman–Crippen LogP) is 2.36. The van der Waals surface area contributed by atoms with Gasteiger partial charge >= 0.3 is 0 Å².